The van der Waals surface area contributed by atoms with Crippen molar-refractivity contribution in [3.63, 3.8) is 0 Å². The minimum atomic E-state index is 0.0114. The van der Waals surface area contributed by atoms with Gasteiger partial charge in [-0.15, -0.1) is 0 Å². The third-order valence-corrected chi connectivity index (χ3v) is 4.69. The van der Waals surface area contributed by atoms with Crippen molar-refractivity contribution in [1.29, 1.82) is 0 Å². The Labute approximate surface area is 114 Å². The first kappa shape index (κ1) is 15.8. The molecule has 0 saturated carbocycles. The van der Waals surface area contributed by atoms with E-state index >= 15 is 0 Å². The monoisotopic (exact) mass is 252 g/mol. The Morgan fingerprint density at radius 2 is 1.72 bits per heavy atom. The lowest BCUT2D eigenvalue weighted by molar-refractivity contribution is -0.0608. The van der Waals surface area contributed by atoms with Crippen molar-refractivity contribution in [2.45, 2.75) is 79.4 Å². The molecule has 0 aromatic carbocycles. The quantitative estimate of drug-likeness (QED) is 0.624. The van der Waals surface area contributed by atoms with Crippen molar-refractivity contribution in [1.82, 2.24) is 0 Å². The molecule has 3 atom stereocenters. The van der Waals surface area contributed by atoms with Crippen molar-refractivity contribution >= 4 is 0 Å². The molecule has 0 aliphatic heterocycles. The highest BCUT2D eigenvalue weighted by atomic mass is 16.5. The van der Waals surface area contributed by atoms with Crippen LogP contribution in [0, 0.1) is 17.3 Å². The summed E-state index contributed by atoms with van der Waals surface area (Å²) in [7, 11) is 0. The van der Waals surface area contributed by atoms with Gasteiger partial charge in [-0.05, 0) is 50.4 Å². The molecule has 0 spiro atoms. The van der Waals surface area contributed by atoms with Crippen LogP contribution in [0.1, 0.15) is 67.7 Å². The Balaban J connectivity index is 2.56. The van der Waals surface area contributed by atoms with Crippen LogP contribution in [0.5, 0.6) is 0 Å². The Morgan fingerprint density at radius 1 is 1.11 bits per heavy atom. The zero-order valence-electron chi connectivity index (χ0n) is 13.4. The van der Waals surface area contributed by atoms with E-state index in [1.54, 1.807) is 0 Å². The molecule has 0 fully saturated rings. The van der Waals surface area contributed by atoms with Crippen molar-refractivity contribution in [3.8, 4) is 0 Å². The third-order valence-electron chi connectivity index (χ3n) is 4.69. The molecule has 0 amide bonds. The van der Waals surface area contributed by atoms with E-state index < -0.39 is 0 Å². The lowest BCUT2D eigenvalue weighted by atomic mass is 9.71. The van der Waals surface area contributed by atoms with E-state index in [-0.39, 0.29) is 5.60 Å². The Morgan fingerprint density at radius 3 is 2.11 bits per heavy atom. The van der Waals surface area contributed by atoms with Gasteiger partial charge in [0.25, 0.3) is 0 Å². The molecule has 1 nitrogen and oxygen atoms in total. The van der Waals surface area contributed by atoms with Crippen LogP contribution in [-0.2, 0) is 4.74 Å². The zero-order chi connectivity index (χ0) is 14.0. The average Bonchev–Trinajstić information content (AvgIpc) is 2.27. The number of rotatable bonds is 4. The molecule has 0 bridgehead atoms. The molecule has 1 heteroatoms. The van der Waals surface area contributed by atoms with Crippen LogP contribution >= 0.6 is 0 Å². The molecule has 0 N–H and O–H groups in total. The van der Waals surface area contributed by atoms with Crippen LogP contribution in [-0.4, -0.2) is 11.7 Å². The van der Waals surface area contributed by atoms with E-state index in [1.807, 2.05) is 0 Å². The van der Waals surface area contributed by atoms with Gasteiger partial charge in [-0.3, -0.25) is 0 Å². The highest BCUT2D eigenvalue weighted by molar-refractivity contribution is 5.02. The molecule has 1 aliphatic rings. The van der Waals surface area contributed by atoms with Crippen molar-refractivity contribution in [3.05, 3.63) is 12.2 Å². The third kappa shape index (κ3) is 4.42. The minimum absolute atomic E-state index is 0.0114. The first-order valence-corrected chi connectivity index (χ1v) is 7.52. The SMILES string of the molecule is CCC(C)(C)OC1C=CC(C(C)C(C)(C)C)CC1. The van der Waals surface area contributed by atoms with E-state index in [9.17, 15) is 0 Å². The fourth-order valence-electron chi connectivity index (χ4n) is 2.47. The van der Waals surface area contributed by atoms with Gasteiger partial charge in [-0.1, -0.05) is 46.8 Å². The van der Waals surface area contributed by atoms with Gasteiger partial charge < -0.3 is 4.74 Å². The van der Waals surface area contributed by atoms with Gasteiger partial charge in [-0.2, -0.15) is 0 Å². The Hall–Kier alpha value is -0.300. The second kappa shape index (κ2) is 5.77. The predicted molar refractivity (Wildman–Crippen MR) is 79.7 cm³/mol. The number of hydrogen-bond donors (Lipinski definition) is 0. The molecule has 0 saturated heterocycles. The molecule has 0 aromatic rings. The van der Waals surface area contributed by atoms with E-state index in [1.165, 1.54) is 12.8 Å². The molecule has 0 heterocycles. The highest BCUT2D eigenvalue weighted by Gasteiger charge is 2.30. The molecular weight excluding hydrogens is 220 g/mol. The second-order valence-electron chi connectivity index (χ2n) is 7.55. The van der Waals surface area contributed by atoms with E-state index in [4.69, 9.17) is 4.74 Å². The first-order chi connectivity index (χ1) is 8.15. The number of allylic oxidation sites excluding steroid dienone is 1. The summed E-state index contributed by atoms with van der Waals surface area (Å²) in [5.74, 6) is 1.45. The van der Waals surface area contributed by atoms with Gasteiger partial charge in [0, 0.05) is 0 Å². The Bertz CT molecular complexity index is 282. The average molecular weight is 252 g/mol. The highest BCUT2D eigenvalue weighted by Crippen LogP contribution is 2.37. The number of ether oxygens (including phenoxy) is 1. The fraction of sp³-hybridized carbons (Fsp3) is 0.882. The van der Waals surface area contributed by atoms with Crippen molar-refractivity contribution in [2.75, 3.05) is 0 Å². The van der Waals surface area contributed by atoms with Crippen LogP contribution < -0.4 is 0 Å². The van der Waals surface area contributed by atoms with Crippen LogP contribution in [0.3, 0.4) is 0 Å². The molecule has 1 aliphatic carbocycles. The van der Waals surface area contributed by atoms with E-state index in [0.29, 0.717) is 11.5 Å². The normalized spacial score (nSPS) is 27.3. The standard InChI is InChI=1S/C17H32O/c1-8-17(6,7)18-15-11-9-14(10-12-15)13(2)16(3,4)5/h9,11,13-15H,8,10,12H2,1-7H3. The maximum absolute atomic E-state index is 6.15. The molecule has 106 valence electrons. The summed E-state index contributed by atoms with van der Waals surface area (Å²) >= 11 is 0. The Kier molecular flexibility index (Phi) is 5.05. The van der Waals surface area contributed by atoms with E-state index in [0.717, 1.165) is 18.3 Å². The summed E-state index contributed by atoms with van der Waals surface area (Å²) in [4.78, 5) is 0. The minimum Gasteiger partial charge on any atom is -0.368 e. The maximum atomic E-state index is 6.15. The van der Waals surface area contributed by atoms with Crippen LogP contribution in [0.25, 0.3) is 0 Å². The summed E-state index contributed by atoms with van der Waals surface area (Å²) in [6.07, 6.45) is 8.52. The van der Waals surface area contributed by atoms with Crippen molar-refractivity contribution in [2.24, 2.45) is 17.3 Å². The lowest BCUT2D eigenvalue weighted by Crippen LogP contribution is -2.32. The number of hydrogen-bond acceptors (Lipinski definition) is 1. The van der Waals surface area contributed by atoms with Crippen molar-refractivity contribution < 1.29 is 4.74 Å². The smallest absolute Gasteiger partial charge is 0.0763 e. The van der Waals surface area contributed by atoms with Gasteiger partial charge in [0.2, 0.25) is 0 Å². The van der Waals surface area contributed by atoms with Gasteiger partial charge in [0.1, 0.15) is 0 Å². The van der Waals surface area contributed by atoms with Gasteiger partial charge in [-0.25, -0.2) is 0 Å². The summed E-state index contributed by atoms with van der Waals surface area (Å²) in [5, 5.41) is 0. The summed E-state index contributed by atoms with van der Waals surface area (Å²) in [6, 6.07) is 0. The first-order valence-electron chi connectivity index (χ1n) is 7.52. The van der Waals surface area contributed by atoms with Crippen LogP contribution in [0.15, 0.2) is 12.2 Å². The second-order valence-corrected chi connectivity index (χ2v) is 7.55. The summed E-state index contributed by atoms with van der Waals surface area (Å²) < 4.78 is 6.15. The molecular formula is C17H32O. The summed E-state index contributed by atoms with van der Waals surface area (Å²) in [5.41, 5.74) is 0.406. The molecule has 1 rings (SSSR count). The van der Waals surface area contributed by atoms with E-state index in [2.05, 4.69) is 60.6 Å². The zero-order valence-corrected chi connectivity index (χ0v) is 13.4. The molecule has 0 radical (unpaired) electrons. The van der Waals surface area contributed by atoms with Gasteiger partial charge in [0.05, 0.1) is 11.7 Å². The van der Waals surface area contributed by atoms with Gasteiger partial charge >= 0.3 is 0 Å². The van der Waals surface area contributed by atoms with Gasteiger partial charge in [0.15, 0.2) is 0 Å². The topological polar surface area (TPSA) is 9.23 Å². The van der Waals surface area contributed by atoms with Crippen LogP contribution in [0.2, 0.25) is 0 Å². The lowest BCUT2D eigenvalue weighted by Gasteiger charge is -2.37. The summed E-state index contributed by atoms with van der Waals surface area (Å²) in [6.45, 7) is 16.0. The molecule has 0 aromatic heterocycles. The predicted octanol–water partition coefficient (Wildman–Crippen LogP) is 5.21. The van der Waals surface area contributed by atoms with Crippen LogP contribution in [0.4, 0.5) is 0 Å². The fourth-order valence-corrected chi connectivity index (χ4v) is 2.47. The molecule has 18 heavy (non-hydrogen) atoms. The largest absolute Gasteiger partial charge is 0.368 e. The molecule has 3 unspecified atom stereocenters. The maximum Gasteiger partial charge on any atom is 0.0763 e.